The standard InChI is InChI=1S/C13H28N2O/c1-4-6-13-11-12(7-10-16-13)14-8-9-15(3)5-2/h12-14H,4-11H2,1-3H3. The van der Waals surface area contributed by atoms with Crippen LogP contribution in [0.15, 0.2) is 0 Å². The van der Waals surface area contributed by atoms with Gasteiger partial charge in [-0.05, 0) is 32.9 Å². The molecule has 0 aliphatic carbocycles. The van der Waals surface area contributed by atoms with E-state index in [4.69, 9.17) is 4.74 Å². The number of likely N-dealkylation sites (N-methyl/N-ethyl adjacent to an activating group) is 1. The molecule has 0 aromatic heterocycles. The minimum absolute atomic E-state index is 0.500. The maximum Gasteiger partial charge on any atom is 0.0589 e. The third kappa shape index (κ3) is 5.28. The van der Waals surface area contributed by atoms with Gasteiger partial charge >= 0.3 is 0 Å². The molecule has 1 N–H and O–H groups in total. The second kappa shape index (κ2) is 8.04. The van der Waals surface area contributed by atoms with Gasteiger partial charge in [0.05, 0.1) is 6.10 Å². The van der Waals surface area contributed by atoms with Gasteiger partial charge in [-0.25, -0.2) is 0 Å². The second-order valence-electron chi connectivity index (χ2n) is 4.85. The Morgan fingerprint density at radius 2 is 2.19 bits per heavy atom. The molecule has 3 heteroatoms. The van der Waals surface area contributed by atoms with E-state index in [0.29, 0.717) is 12.1 Å². The highest BCUT2D eigenvalue weighted by molar-refractivity contribution is 4.76. The van der Waals surface area contributed by atoms with Gasteiger partial charge < -0.3 is 15.0 Å². The molecule has 16 heavy (non-hydrogen) atoms. The van der Waals surface area contributed by atoms with Gasteiger partial charge in [-0.1, -0.05) is 20.3 Å². The van der Waals surface area contributed by atoms with E-state index in [2.05, 4.69) is 31.1 Å². The molecule has 3 nitrogen and oxygen atoms in total. The van der Waals surface area contributed by atoms with Gasteiger partial charge in [0.15, 0.2) is 0 Å². The average Bonchev–Trinajstić information content (AvgIpc) is 2.30. The monoisotopic (exact) mass is 228 g/mol. The van der Waals surface area contributed by atoms with Gasteiger partial charge in [-0.2, -0.15) is 0 Å². The van der Waals surface area contributed by atoms with Crippen LogP contribution in [0.4, 0.5) is 0 Å². The van der Waals surface area contributed by atoms with Crippen molar-refractivity contribution in [2.75, 3.05) is 33.3 Å². The van der Waals surface area contributed by atoms with Crippen molar-refractivity contribution in [2.45, 2.75) is 51.7 Å². The molecule has 0 bridgehead atoms. The van der Waals surface area contributed by atoms with Crippen LogP contribution >= 0.6 is 0 Å². The van der Waals surface area contributed by atoms with Crippen molar-refractivity contribution in [1.82, 2.24) is 10.2 Å². The van der Waals surface area contributed by atoms with Crippen molar-refractivity contribution < 1.29 is 4.74 Å². The van der Waals surface area contributed by atoms with Crippen LogP contribution < -0.4 is 5.32 Å². The zero-order valence-corrected chi connectivity index (χ0v) is 11.2. The summed E-state index contributed by atoms with van der Waals surface area (Å²) in [4.78, 5) is 2.34. The van der Waals surface area contributed by atoms with E-state index in [1.165, 1.54) is 25.7 Å². The average molecular weight is 228 g/mol. The van der Waals surface area contributed by atoms with Crippen LogP contribution in [0.3, 0.4) is 0 Å². The molecule has 0 amide bonds. The molecule has 0 saturated carbocycles. The molecule has 0 aromatic carbocycles. The molecule has 96 valence electrons. The van der Waals surface area contributed by atoms with Crippen molar-refractivity contribution in [2.24, 2.45) is 0 Å². The molecule has 0 spiro atoms. The lowest BCUT2D eigenvalue weighted by Crippen LogP contribution is -2.41. The van der Waals surface area contributed by atoms with E-state index in [1.807, 2.05) is 0 Å². The van der Waals surface area contributed by atoms with Gasteiger partial charge in [0.1, 0.15) is 0 Å². The highest BCUT2D eigenvalue weighted by atomic mass is 16.5. The Balaban J connectivity index is 2.11. The first kappa shape index (κ1) is 13.9. The Kier molecular flexibility index (Phi) is 7.01. The normalized spacial score (nSPS) is 26.2. The largest absolute Gasteiger partial charge is 0.378 e. The van der Waals surface area contributed by atoms with Crippen LogP contribution in [-0.4, -0.2) is 50.3 Å². The Labute approximate surface area is 101 Å². The van der Waals surface area contributed by atoms with Gasteiger partial charge in [0.25, 0.3) is 0 Å². The van der Waals surface area contributed by atoms with E-state index < -0.39 is 0 Å². The first-order valence-electron chi connectivity index (χ1n) is 6.79. The van der Waals surface area contributed by atoms with Crippen molar-refractivity contribution in [1.29, 1.82) is 0 Å². The van der Waals surface area contributed by atoms with Crippen LogP contribution in [0.1, 0.15) is 39.5 Å². The number of hydrogen-bond donors (Lipinski definition) is 1. The summed E-state index contributed by atoms with van der Waals surface area (Å²) in [5.41, 5.74) is 0. The Morgan fingerprint density at radius 1 is 1.38 bits per heavy atom. The van der Waals surface area contributed by atoms with Crippen LogP contribution in [0, 0.1) is 0 Å². The van der Waals surface area contributed by atoms with E-state index in [0.717, 1.165) is 26.2 Å². The Morgan fingerprint density at radius 3 is 2.88 bits per heavy atom. The summed E-state index contributed by atoms with van der Waals surface area (Å²) in [5.74, 6) is 0. The minimum atomic E-state index is 0.500. The summed E-state index contributed by atoms with van der Waals surface area (Å²) in [6, 6.07) is 0.676. The molecule has 2 atom stereocenters. The number of hydrogen-bond acceptors (Lipinski definition) is 3. The molecular formula is C13H28N2O. The van der Waals surface area contributed by atoms with E-state index in [-0.39, 0.29) is 0 Å². The molecule has 0 aromatic rings. The van der Waals surface area contributed by atoms with E-state index in [1.54, 1.807) is 0 Å². The van der Waals surface area contributed by atoms with Crippen molar-refractivity contribution >= 4 is 0 Å². The van der Waals surface area contributed by atoms with Gasteiger partial charge in [0, 0.05) is 25.7 Å². The molecule has 1 rings (SSSR count). The molecule has 1 aliphatic rings. The molecule has 0 radical (unpaired) electrons. The van der Waals surface area contributed by atoms with E-state index >= 15 is 0 Å². The highest BCUT2D eigenvalue weighted by Gasteiger charge is 2.21. The summed E-state index contributed by atoms with van der Waals surface area (Å²) >= 11 is 0. The lowest BCUT2D eigenvalue weighted by Gasteiger charge is -2.30. The zero-order chi connectivity index (χ0) is 11.8. The summed E-state index contributed by atoms with van der Waals surface area (Å²) in [7, 11) is 2.17. The van der Waals surface area contributed by atoms with Crippen molar-refractivity contribution in [3.63, 3.8) is 0 Å². The molecule has 1 fully saturated rings. The minimum Gasteiger partial charge on any atom is -0.378 e. The fourth-order valence-electron chi connectivity index (χ4n) is 2.21. The smallest absolute Gasteiger partial charge is 0.0589 e. The third-order valence-corrected chi connectivity index (χ3v) is 3.44. The lowest BCUT2D eigenvalue weighted by molar-refractivity contribution is -0.00329. The zero-order valence-electron chi connectivity index (χ0n) is 11.2. The Hall–Kier alpha value is -0.120. The van der Waals surface area contributed by atoms with Gasteiger partial charge in [-0.15, -0.1) is 0 Å². The Bertz CT molecular complexity index is 173. The summed E-state index contributed by atoms with van der Waals surface area (Å²) < 4.78 is 5.75. The summed E-state index contributed by atoms with van der Waals surface area (Å²) in [5, 5.41) is 3.65. The summed E-state index contributed by atoms with van der Waals surface area (Å²) in [6.07, 6.45) is 5.32. The molecule has 1 aliphatic heterocycles. The fourth-order valence-corrected chi connectivity index (χ4v) is 2.21. The van der Waals surface area contributed by atoms with Crippen LogP contribution in [-0.2, 0) is 4.74 Å². The van der Waals surface area contributed by atoms with Crippen LogP contribution in [0.5, 0.6) is 0 Å². The highest BCUT2D eigenvalue weighted by Crippen LogP contribution is 2.17. The second-order valence-corrected chi connectivity index (χ2v) is 4.85. The lowest BCUT2D eigenvalue weighted by atomic mass is 10.0. The molecule has 2 unspecified atom stereocenters. The molecule has 1 heterocycles. The SMILES string of the molecule is CCCC1CC(NCCN(C)CC)CCO1. The number of rotatable bonds is 7. The first-order valence-corrected chi connectivity index (χ1v) is 6.79. The van der Waals surface area contributed by atoms with Gasteiger partial charge in [0.2, 0.25) is 0 Å². The topological polar surface area (TPSA) is 24.5 Å². The maximum absolute atomic E-state index is 5.75. The predicted molar refractivity (Wildman–Crippen MR) is 68.8 cm³/mol. The molecular weight excluding hydrogens is 200 g/mol. The van der Waals surface area contributed by atoms with Crippen LogP contribution in [0.25, 0.3) is 0 Å². The predicted octanol–water partition coefficient (Wildman–Crippen LogP) is 1.88. The maximum atomic E-state index is 5.75. The quantitative estimate of drug-likeness (QED) is 0.720. The third-order valence-electron chi connectivity index (χ3n) is 3.44. The van der Waals surface area contributed by atoms with Crippen molar-refractivity contribution in [3.05, 3.63) is 0 Å². The van der Waals surface area contributed by atoms with E-state index in [9.17, 15) is 0 Å². The number of nitrogens with one attached hydrogen (secondary N) is 1. The van der Waals surface area contributed by atoms with Crippen molar-refractivity contribution in [3.8, 4) is 0 Å². The molecule has 1 saturated heterocycles. The number of ether oxygens (including phenoxy) is 1. The number of nitrogens with zero attached hydrogens (tertiary/aromatic N) is 1. The first-order chi connectivity index (χ1) is 7.76. The summed E-state index contributed by atoms with van der Waals surface area (Å²) in [6.45, 7) is 8.75. The van der Waals surface area contributed by atoms with Crippen LogP contribution in [0.2, 0.25) is 0 Å². The van der Waals surface area contributed by atoms with Gasteiger partial charge in [-0.3, -0.25) is 0 Å². The fraction of sp³-hybridized carbons (Fsp3) is 1.00.